The Morgan fingerprint density at radius 2 is 2.06 bits per heavy atom. The van der Waals surface area contributed by atoms with E-state index in [0.717, 1.165) is 52.0 Å². The monoisotopic (exact) mass is 256 g/mol. The molecule has 2 amide bonds. The zero-order valence-corrected chi connectivity index (χ0v) is 11.8. The molecule has 0 aromatic carbocycles. The van der Waals surface area contributed by atoms with E-state index < -0.39 is 0 Å². The number of nitrogens with zero attached hydrogens (tertiary/aromatic N) is 2. The largest absolute Gasteiger partial charge is 0.338 e. The van der Waals surface area contributed by atoms with Gasteiger partial charge in [0.05, 0.1) is 0 Å². The van der Waals surface area contributed by atoms with Gasteiger partial charge in [-0.15, -0.1) is 0 Å². The van der Waals surface area contributed by atoms with Gasteiger partial charge in [-0.1, -0.05) is 6.92 Å². The molecule has 0 aliphatic carbocycles. The Morgan fingerprint density at radius 1 is 1.28 bits per heavy atom. The van der Waals surface area contributed by atoms with Gasteiger partial charge in [0.15, 0.2) is 0 Å². The van der Waals surface area contributed by atoms with Gasteiger partial charge in [-0.2, -0.15) is 0 Å². The van der Waals surface area contributed by atoms with Gasteiger partial charge in [0, 0.05) is 38.8 Å². The third-order valence-corrected chi connectivity index (χ3v) is 3.63. The van der Waals surface area contributed by atoms with Crippen LogP contribution in [0.2, 0.25) is 0 Å². The Kier molecular flexibility index (Phi) is 7.05. The van der Waals surface area contributed by atoms with E-state index in [2.05, 4.69) is 17.1 Å². The third kappa shape index (κ3) is 4.46. The summed E-state index contributed by atoms with van der Waals surface area (Å²) >= 11 is 0. The number of rotatable bonds is 5. The molecule has 1 fully saturated rings. The smallest absolute Gasteiger partial charge is 0.317 e. The van der Waals surface area contributed by atoms with Crippen molar-refractivity contribution in [1.82, 2.24) is 15.1 Å². The van der Waals surface area contributed by atoms with E-state index in [-0.39, 0.29) is 6.03 Å². The Labute approximate surface area is 111 Å². The quantitative estimate of drug-likeness (QED) is 0.766. The molecule has 0 aromatic rings. The second-order valence-electron chi connectivity index (χ2n) is 4.85. The van der Waals surface area contributed by atoms with Gasteiger partial charge in [-0.25, -0.2) is 4.79 Å². The van der Waals surface area contributed by atoms with Gasteiger partial charge < -0.3 is 16.0 Å². The molecule has 3 N–H and O–H groups in total. The number of nitrogens with one attached hydrogen (secondary N) is 1. The predicted octanol–water partition coefficient (Wildman–Crippen LogP) is 0.851. The number of hydrogen-bond acceptors (Lipinski definition) is 3. The summed E-state index contributed by atoms with van der Waals surface area (Å²) in [7, 11) is 0. The van der Waals surface area contributed by atoms with Crippen LogP contribution in [0.3, 0.4) is 0 Å². The summed E-state index contributed by atoms with van der Waals surface area (Å²) in [6.45, 7) is 9.35. The first-order valence-electron chi connectivity index (χ1n) is 7.19. The Bertz CT molecular complexity index is 247. The molecule has 0 bridgehead atoms. The SMILES string of the molecule is CCNC(=O)N1CCCN(C(CC)CCN)CC1. The van der Waals surface area contributed by atoms with Crippen molar-refractivity contribution in [2.24, 2.45) is 5.73 Å². The topological polar surface area (TPSA) is 61.6 Å². The lowest BCUT2D eigenvalue weighted by molar-refractivity contribution is 0.180. The van der Waals surface area contributed by atoms with Crippen LogP contribution < -0.4 is 11.1 Å². The Morgan fingerprint density at radius 3 is 2.67 bits per heavy atom. The minimum Gasteiger partial charge on any atom is -0.338 e. The van der Waals surface area contributed by atoms with Crippen molar-refractivity contribution in [3.05, 3.63) is 0 Å². The van der Waals surface area contributed by atoms with E-state index in [1.807, 2.05) is 11.8 Å². The predicted molar refractivity (Wildman–Crippen MR) is 74.6 cm³/mol. The third-order valence-electron chi connectivity index (χ3n) is 3.63. The van der Waals surface area contributed by atoms with Crippen molar-refractivity contribution < 1.29 is 4.79 Å². The average Bonchev–Trinajstić information content (AvgIpc) is 2.62. The molecule has 5 heteroatoms. The lowest BCUT2D eigenvalue weighted by Crippen LogP contribution is -2.43. The van der Waals surface area contributed by atoms with E-state index >= 15 is 0 Å². The second kappa shape index (κ2) is 8.32. The number of urea groups is 1. The van der Waals surface area contributed by atoms with Crippen molar-refractivity contribution >= 4 is 6.03 Å². The summed E-state index contributed by atoms with van der Waals surface area (Å²) in [4.78, 5) is 16.2. The normalized spacial score (nSPS) is 19.4. The van der Waals surface area contributed by atoms with Crippen LogP contribution in [0, 0.1) is 0 Å². The fraction of sp³-hybridized carbons (Fsp3) is 0.923. The highest BCUT2D eigenvalue weighted by Crippen LogP contribution is 2.12. The highest BCUT2D eigenvalue weighted by molar-refractivity contribution is 5.74. The number of nitrogens with two attached hydrogens (primary N) is 1. The van der Waals surface area contributed by atoms with Crippen LogP contribution in [-0.4, -0.2) is 61.1 Å². The first kappa shape index (κ1) is 15.2. The van der Waals surface area contributed by atoms with Gasteiger partial charge in [0.2, 0.25) is 0 Å². The van der Waals surface area contributed by atoms with Crippen molar-refractivity contribution in [2.75, 3.05) is 39.3 Å². The highest BCUT2D eigenvalue weighted by atomic mass is 16.2. The molecule has 1 aliphatic rings. The summed E-state index contributed by atoms with van der Waals surface area (Å²) in [5, 5.41) is 2.87. The Balaban J connectivity index is 2.47. The lowest BCUT2D eigenvalue weighted by atomic mass is 10.1. The van der Waals surface area contributed by atoms with Crippen LogP contribution >= 0.6 is 0 Å². The molecule has 0 aromatic heterocycles. The zero-order valence-electron chi connectivity index (χ0n) is 11.8. The highest BCUT2D eigenvalue weighted by Gasteiger charge is 2.22. The van der Waals surface area contributed by atoms with E-state index in [4.69, 9.17) is 5.73 Å². The minimum absolute atomic E-state index is 0.0752. The van der Waals surface area contributed by atoms with Gasteiger partial charge in [0.1, 0.15) is 0 Å². The molecular formula is C13H28N4O. The molecule has 0 radical (unpaired) electrons. The van der Waals surface area contributed by atoms with E-state index in [1.165, 1.54) is 0 Å². The maximum atomic E-state index is 11.8. The molecule has 18 heavy (non-hydrogen) atoms. The minimum atomic E-state index is 0.0752. The Hall–Kier alpha value is -0.810. The lowest BCUT2D eigenvalue weighted by Gasteiger charge is -2.29. The molecule has 1 rings (SSSR count). The van der Waals surface area contributed by atoms with Crippen molar-refractivity contribution in [3.8, 4) is 0 Å². The number of amides is 2. The summed E-state index contributed by atoms with van der Waals surface area (Å²) < 4.78 is 0. The van der Waals surface area contributed by atoms with Crippen LogP contribution in [0.5, 0.6) is 0 Å². The van der Waals surface area contributed by atoms with Crippen molar-refractivity contribution in [3.63, 3.8) is 0 Å². The maximum absolute atomic E-state index is 11.8. The van der Waals surface area contributed by atoms with Crippen LogP contribution in [0.4, 0.5) is 4.79 Å². The fourth-order valence-corrected chi connectivity index (χ4v) is 2.61. The fourth-order valence-electron chi connectivity index (χ4n) is 2.61. The number of hydrogen-bond donors (Lipinski definition) is 2. The zero-order chi connectivity index (χ0) is 13.4. The second-order valence-corrected chi connectivity index (χ2v) is 4.85. The van der Waals surface area contributed by atoms with Crippen LogP contribution in [0.15, 0.2) is 0 Å². The molecule has 0 spiro atoms. The molecule has 106 valence electrons. The summed E-state index contributed by atoms with van der Waals surface area (Å²) in [6, 6.07) is 0.649. The van der Waals surface area contributed by atoms with Crippen LogP contribution in [0.1, 0.15) is 33.1 Å². The molecular weight excluding hydrogens is 228 g/mol. The molecule has 1 saturated heterocycles. The molecule has 1 heterocycles. The maximum Gasteiger partial charge on any atom is 0.317 e. The number of carbonyl (C=O) groups excluding carboxylic acids is 1. The average molecular weight is 256 g/mol. The van der Waals surface area contributed by atoms with Crippen LogP contribution in [-0.2, 0) is 0 Å². The van der Waals surface area contributed by atoms with Gasteiger partial charge in [-0.05, 0) is 32.7 Å². The first-order valence-corrected chi connectivity index (χ1v) is 7.19. The van der Waals surface area contributed by atoms with E-state index in [0.29, 0.717) is 12.6 Å². The van der Waals surface area contributed by atoms with Gasteiger partial charge >= 0.3 is 6.03 Å². The molecule has 1 atom stereocenters. The van der Waals surface area contributed by atoms with Gasteiger partial charge in [-0.3, -0.25) is 4.90 Å². The molecule has 1 unspecified atom stereocenters. The van der Waals surface area contributed by atoms with E-state index in [1.54, 1.807) is 0 Å². The van der Waals surface area contributed by atoms with Gasteiger partial charge in [0.25, 0.3) is 0 Å². The van der Waals surface area contributed by atoms with Crippen molar-refractivity contribution in [1.29, 1.82) is 0 Å². The van der Waals surface area contributed by atoms with Crippen LogP contribution in [0.25, 0.3) is 0 Å². The summed E-state index contributed by atoms with van der Waals surface area (Å²) in [5.41, 5.74) is 5.66. The molecule has 0 saturated carbocycles. The first-order chi connectivity index (χ1) is 8.72. The molecule has 1 aliphatic heterocycles. The molecule has 5 nitrogen and oxygen atoms in total. The van der Waals surface area contributed by atoms with Crippen molar-refractivity contribution in [2.45, 2.75) is 39.2 Å². The summed E-state index contributed by atoms with van der Waals surface area (Å²) in [6.07, 6.45) is 3.24. The summed E-state index contributed by atoms with van der Waals surface area (Å²) in [5.74, 6) is 0. The van der Waals surface area contributed by atoms with E-state index in [9.17, 15) is 4.79 Å². The number of carbonyl (C=O) groups is 1. The standard InChI is InChI=1S/C13H28N4O/c1-3-12(6-7-14)16-8-5-9-17(11-10-16)13(18)15-4-2/h12H,3-11,14H2,1-2H3,(H,15,18).